The minimum atomic E-state index is 0.407. The van der Waals surface area contributed by atoms with Gasteiger partial charge in [0, 0.05) is 18.5 Å². The van der Waals surface area contributed by atoms with Crippen molar-refractivity contribution in [2.75, 3.05) is 6.61 Å². The van der Waals surface area contributed by atoms with Gasteiger partial charge in [-0.25, -0.2) is 0 Å². The van der Waals surface area contributed by atoms with Crippen LogP contribution in [0.3, 0.4) is 0 Å². The molecule has 2 rings (SSSR count). The van der Waals surface area contributed by atoms with Crippen LogP contribution < -0.4 is 10.1 Å². The van der Waals surface area contributed by atoms with Crippen molar-refractivity contribution >= 4 is 0 Å². The normalized spacial score (nSPS) is 17.4. The molecule has 2 unspecified atom stereocenters. The summed E-state index contributed by atoms with van der Waals surface area (Å²) in [7, 11) is 0. The van der Waals surface area contributed by atoms with E-state index in [9.17, 15) is 0 Å². The monoisotopic (exact) mass is 247 g/mol. The molecule has 0 spiro atoms. The van der Waals surface area contributed by atoms with Gasteiger partial charge in [-0.05, 0) is 43.4 Å². The van der Waals surface area contributed by atoms with Crippen LogP contribution in [-0.2, 0) is 6.42 Å². The lowest BCUT2D eigenvalue weighted by atomic mass is 10.0. The van der Waals surface area contributed by atoms with Gasteiger partial charge < -0.3 is 10.1 Å². The van der Waals surface area contributed by atoms with E-state index in [1.807, 2.05) is 0 Å². The summed E-state index contributed by atoms with van der Waals surface area (Å²) in [5.41, 5.74) is 2.73. The summed E-state index contributed by atoms with van der Waals surface area (Å²) < 4.78 is 5.55. The summed E-state index contributed by atoms with van der Waals surface area (Å²) in [5, 5.41) is 3.68. The van der Waals surface area contributed by atoms with Gasteiger partial charge in [0.25, 0.3) is 0 Å². The molecule has 0 aromatic heterocycles. The molecule has 18 heavy (non-hydrogen) atoms. The highest BCUT2D eigenvalue weighted by Gasteiger charge is 2.15. The maximum absolute atomic E-state index is 5.55. The molecule has 2 heteroatoms. The number of hydrogen-bond acceptors (Lipinski definition) is 2. The SMILES string of the molecule is CC(C)CC(C)NC(C)c1ccc2c(c1)CCO2. The first kappa shape index (κ1) is 13.4. The smallest absolute Gasteiger partial charge is 0.122 e. The zero-order valence-corrected chi connectivity index (χ0v) is 12.0. The molecule has 100 valence electrons. The van der Waals surface area contributed by atoms with Crippen LogP contribution in [0.15, 0.2) is 18.2 Å². The molecule has 1 aliphatic heterocycles. The predicted molar refractivity (Wildman–Crippen MR) is 76.1 cm³/mol. The molecule has 2 atom stereocenters. The van der Waals surface area contributed by atoms with Crippen LogP contribution in [0, 0.1) is 5.92 Å². The summed E-state index contributed by atoms with van der Waals surface area (Å²) in [6.45, 7) is 9.90. The Balaban J connectivity index is 1.98. The summed E-state index contributed by atoms with van der Waals surface area (Å²) in [4.78, 5) is 0. The van der Waals surface area contributed by atoms with Crippen molar-refractivity contribution < 1.29 is 4.74 Å². The van der Waals surface area contributed by atoms with Gasteiger partial charge in [-0.15, -0.1) is 0 Å². The van der Waals surface area contributed by atoms with Crippen LogP contribution in [-0.4, -0.2) is 12.6 Å². The number of rotatable bonds is 5. The Morgan fingerprint density at radius 2 is 2.00 bits per heavy atom. The highest BCUT2D eigenvalue weighted by atomic mass is 16.5. The maximum atomic E-state index is 5.55. The first-order valence-corrected chi connectivity index (χ1v) is 7.08. The first-order valence-electron chi connectivity index (χ1n) is 7.08. The summed E-state index contributed by atoms with van der Waals surface area (Å²) in [6.07, 6.45) is 2.27. The van der Waals surface area contributed by atoms with Gasteiger partial charge in [0.1, 0.15) is 5.75 Å². The van der Waals surface area contributed by atoms with Crippen molar-refractivity contribution in [1.82, 2.24) is 5.32 Å². The van der Waals surface area contributed by atoms with Crippen molar-refractivity contribution in [2.45, 2.75) is 52.6 Å². The first-order chi connectivity index (χ1) is 8.56. The van der Waals surface area contributed by atoms with E-state index in [1.54, 1.807) is 0 Å². The lowest BCUT2D eigenvalue weighted by molar-refractivity contribution is 0.356. The second-order valence-electron chi connectivity index (χ2n) is 5.88. The second-order valence-corrected chi connectivity index (χ2v) is 5.88. The summed E-state index contributed by atoms with van der Waals surface area (Å²) in [6, 6.07) is 7.56. The van der Waals surface area contributed by atoms with Gasteiger partial charge >= 0.3 is 0 Å². The fourth-order valence-electron chi connectivity index (χ4n) is 2.77. The Morgan fingerprint density at radius 1 is 1.22 bits per heavy atom. The summed E-state index contributed by atoms with van der Waals surface area (Å²) in [5.74, 6) is 1.81. The van der Waals surface area contributed by atoms with Crippen molar-refractivity contribution in [3.8, 4) is 5.75 Å². The van der Waals surface area contributed by atoms with E-state index in [4.69, 9.17) is 4.74 Å². The molecular weight excluding hydrogens is 222 g/mol. The highest BCUT2D eigenvalue weighted by Crippen LogP contribution is 2.28. The molecule has 0 radical (unpaired) electrons. The third kappa shape index (κ3) is 3.26. The Morgan fingerprint density at radius 3 is 2.72 bits per heavy atom. The molecule has 1 aliphatic rings. The van der Waals surface area contributed by atoms with Gasteiger partial charge in [0.2, 0.25) is 0 Å². The number of nitrogens with one attached hydrogen (secondary N) is 1. The molecule has 0 saturated heterocycles. The van der Waals surface area contributed by atoms with E-state index in [-0.39, 0.29) is 0 Å². The molecule has 0 aliphatic carbocycles. The zero-order chi connectivity index (χ0) is 13.1. The fraction of sp³-hybridized carbons (Fsp3) is 0.625. The third-order valence-electron chi connectivity index (χ3n) is 3.57. The molecule has 0 bridgehead atoms. The van der Waals surface area contributed by atoms with Crippen molar-refractivity contribution in [1.29, 1.82) is 0 Å². The van der Waals surface area contributed by atoms with Gasteiger partial charge in [-0.3, -0.25) is 0 Å². The molecule has 1 aromatic rings. The van der Waals surface area contributed by atoms with Crippen LogP contribution in [0.4, 0.5) is 0 Å². The van der Waals surface area contributed by atoms with Gasteiger partial charge in [0.05, 0.1) is 6.61 Å². The average Bonchev–Trinajstić information content (AvgIpc) is 2.74. The van der Waals surface area contributed by atoms with E-state index >= 15 is 0 Å². The van der Waals surface area contributed by atoms with E-state index in [0.29, 0.717) is 12.1 Å². The van der Waals surface area contributed by atoms with E-state index < -0.39 is 0 Å². The molecule has 1 N–H and O–H groups in total. The lowest BCUT2D eigenvalue weighted by Crippen LogP contribution is -2.30. The van der Waals surface area contributed by atoms with Crippen LogP contribution in [0.5, 0.6) is 5.75 Å². The summed E-state index contributed by atoms with van der Waals surface area (Å²) >= 11 is 0. The number of hydrogen-bond donors (Lipinski definition) is 1. The molecule has 1 aromatic carbocycles. The molecule has 0 fully saturated rings. The Bertz CT molecular complexity index is 400. The second kappa shape index (κ2) is 5.75. The van der Waals surface area contributed by atoms with Crippen LogP contribution in [0.25, 0.3) is 0 Å². The van der Waals surface area contributed by atoms with Gasteiger partial charge in [-0.1, -0.05) is 26.0 Å². The topological polar surface area (TPSA) is 21.3 Å². The number of benzene rings is 1. The molecule has 0 amide bonds. The number of ether oxygens (including phenoxy) is 1. The van der Waals surface area contributed by atoms with Gasteiger partial charge in [0.15, 0.2) is 0 Å². The highest BCUT2D eigenvalue weighted by molar-refractivity contribution is 5.40. The average molecular weight is 247 g/mol. The lowest BCUT2D eigenvalue weighted by Gasteiger charge is -2.22. The fourth-order valence-corrected chi connectivity index (χ4v) is 2.77. The van der Waals surface area contributed by atoms with Crippen molar-refractivity contribution in [3.63, 3.8) is 0 Å². The van der Waals surface area contributed by atoms with Crippen LogP contribution in [0.1, 0.15) is 51.3 Å². The Kier molecular flexibility index (Phi) is 4.28. The van der Waals surface area contributed by atoms with E-state index in [0.717, 1.165) is 24.7 Å². The predicted octanol–water partition coefficient (Wildman–Crippen LogP) is 3.71. The molecule has 2 nitrogen and oxygen atoms in total. The van der Waals surface area contributed by atoms with Gasteiger partial charge in [-0.2, -0.15) is 0 Å². The van der Waals surface area contributed by atoms with Crippen LogP contribution in [0.2, 0.25) is 0 Å². The zero-order valence-electron chi connectivity index (χ0n) is 12.0. The molecular formula is C16H25NO. The minimum Gasteiger partial charge on any atom is -0.493 e. The third-order valence-corrected chi connectivity index (χ3v) is 3.57. The van der Waals surface area contributed by atoms with E-state index in [2.05, 4.69) is 51.2 Å². The van der Waals surface area contributed by atoms with E-state index in [1.165, 1.54) is 17.5 Å². The Labute approximate surface area is 111 Å². The molecule has 0 saturated carbocycles. The van der Waals surface area contributed by atoms with Crippen LogP contribution >= 0.6 is 0 Å². The number of fused-ring (bicyclic) bond motifs is 1. The maximum Gasteiger partial charge on any atom is 0.122 e. The molecule has 1 heterocycles. The quantitative estimate of drug-likeness (QED) is 0.856. The van der Waals surface area contributed by atoms with Crippen molar-refractivity contribution in [2.24, 2.45) is 5.92 Å². The Hall–Kier alpha value is -1.02. The minimum absolute atomic E-state index is 0.407. The standard InChI is InChI=1S/C16H25NO/c1-11(2)9-12(3)17-13(4)14-5-6-16-15(10-14)7-8-18-16/h5-6,10-13,17H,7-9H2,1-4H3. The van der Waals surface area contributed by atoms with Crippen molar-refractivity contribution in [3.05, 3.63) is 29.3 Å². The largest absolute Gasteiger partial charge is 0.493 e.